The molecule has 28 heavy (non-hydrogen) atoms. The van der Waals surface area contributed by atoms with Crippen LogP contribution < -0.4 is 9.46 Å². The van der Waals surface area contributed by atoms with E-state index in [0.29, 0.717) is 30.5 Å². The van der Waals surface area contributed by atoms with Crippen LogP contribution in [0.25, 0.3) is 0 Å². The van der Waals surface area contributed by atoms with Crippen LogP contribution in [0.1, 0.15) is 21.5 Å². The maximum absolute atomic E-state index is 14.0. The van der Waals surface area contributed by atoms with Gasteiger partial charge in [-0.15, -0.1) is 0 Å². The highest BCUT2D eigenvalue weighted by molar-refractivity contribution is 7.89. The van der Waals surface area contributed by atoms with Crippen LogP contribution in [0.3, 0.4) is 0 Å². The topological polar surface area (TPSA) is 72.5 Å². The molecule has 0 saturated heterocycles. The molecule has 1 N–H and O–H groups in total. The summed E-state index contributed by atoms with van der Waals surface area (Å²) in [5.74, 6) is -5.72. The van der Waals surface area contributed by atoms with Crippen molar-refractivity contribution in [1.29, 1.82) is 0 Å². The van der Waals surface area contributed by atoms with E-state index in [9.17, 15) is 39.6 Å². The summed E-state index contributed by atoms with van der Waals surface area (Å²) in [5, 5.41) is 0. The first-order valence-electron chi connectivity index (χ1n) is 7.27. The normalized spacial score (nSPS) is 12.0. The quantitative estimate of drug-likeness (QED) is 0.743. The molecule has 0 aromatic heterocycles. The fourth-order valence-corrected chi connectivity index (χ4v) is 2.51. The molecule has 5 nitrogen and oxygen atoms in total. The Hall–Kier alpha value is -2.76. The van der Waals surface area contributed by atoms with Gasteiger partial charge in [-0.2, -0.15) is 13.2 Å². The molecule has 0 atom stereocenters. The molecule has 0 fully saturated rings. The van der Waals surface area contributed by atoms with Crippen LogP contribution in [0.2, 0.25) is 0 Å². The molecule has 0 aliphatic rings. The zero-order chi connectivity index (χ0) is 21.3. The molecule has 2 aromatic carbocycles. The van der Waals surface area contributed by atoms with Gasteiger partial charge >= 0.3 is 6.18 Å². The molecule has 1 amide bonds. The first kappa shape index (κ1) is 21.5. The van der Waals surface area contributed by atoms with Crippen molar-refractivity contribution in [2.45, 2.75) is 12.8 Å². The lowest BCUT2D eigenvalue weighted by atomic mass is 10.1. The number of nitrogens with one attached hydrogen (secondary N) is 1. The third-order valence-corrected chi connectivity index (χ3v) is 3.81. The summed E-state index contributed by atoms with van der Waals surface area (Å²) in [5.41, 5.74) is -2.73. The van der Waals surface area contributed by atoms with Crippen LogP contribution >= 0.6 is 0 Å². The van der Waals surface area contributed by atoms with Gasteiger partial charge in [-0.3, -0.25) is 4.79 Å². The SMILES string of the molecule is CS(=O)(=O)NC(=O)c1cc(F)c(COc2cc(F)cc(C(F)(F)F)c2)cc1F. The molecule has 0 aliphatic heterocycles. The van der Waals surface area contributed by atoms with Gasteiger partial charge in [-0.1, -0.05) is 0 Å². The van der Waals surface area contributed by atoms with Crippen molar-refractivity contribution in [3.8, 4) is 5.75 Å². The monoisotopic (exact) mass is 427 g/mol. The first-order chi connectivity index (χ1) is 12.8. The molecule has 2 aromatic rings. The molecule has 0 saturated carbocycles. The van der Waals surface area contributed by atoms with Gasteiger partial charge in [0.2, 0.25) is 10.0 Å². The van der Waals surface area contributed by atoms with E-state index in [1.165, 1.54) is 4.72 Å². The summed E-state index contributed by atoms with van der Waals surface area (Å²) in [6, 6.07) is 2.25. The Morgan fingerprint density at radius 1 is 1.04 bits per heavy atom. The van der Waals surface area contributed by atoms with Crippen molar-refractivity contribution >= 4 is 15.9 Å². The van der Waals surface area contributed by atoms with Gasteiger partial charge < -0.3 is 4.74 Å². The highest BCUT2D eigenvalue weighted by Gasteiger charge is 2.31. The standard InChI is InChI=1S/C16H11F6NO4S/c1-28(25,26)23-15(24)12-6-13(18)8(2-14(12)19)7-27-11-4-9(16(20,21)22)3-10(17)5-11/h2-6H,7H2,1H3,(H,23,24). The molecule has 152 valence electrons. The van der Waals surface area contributed by atoms with Gasteiger partial charge in [0.15, 0.2) is 0 Å². The van der Waals surface area contributed by atoms with E-state index >= 15 is 0 Å². The largest absolute Gasteiger partial charge is 0.489 e. The number of alkyl halides is 3. The van der Waals surface area contributed by atoms with Gasteiger partial charge in [0, 0.05) is 11.6 Å². The fourth-order valence-electron chi connectivity index (χ4n) is 2.07. The highest BCUT2D eigenvalue weighted by atomic mass is 32.2. The fraction of sp³-hybridized carbons (Fsp3) is 0.188. The van der Waals surface area contributed by atoms with Gasteiger partial charge in [0.25, 0.3) is 5.91 Å². The van der Waals surface area contributed by atoms with Crippen LogP contribution in [-0.2, 0) is 22.8 Å². The van der Waals surface area contributed by atoms with Gasteiger partial charge in [0.05, 0.1) is 17.4 Å². The number of carbonyl (C=O) groups is 1. The lowest BCUT2D eigenvalue weighted by molar-refractivity contribution is -0.137. The van der Waals surface area contributed by atoms with E-state index in [-0.39, 0.29) is 6.07 Å². The van der Waals surface area contributed by atoms with E-state index in [1.807, 2.05) is 0 Å². The lowest BCUT2D eigenvalue weighted by Gasteiger charge is -2.12. The van der Waals surface area contributed by atoms with Crippen molar-refractivity contribution in [2.24, 2.45) is 0 Å². The maximum atomic E-state index is 14.0. The number of rotatable bonds is 5. The predicted octanol–water partition coefficient (Wildman–Crippen LogP) is 3.39. The number of amides is 1. The number of benzene rings is 2. The molecule has 0 unspecified atom stereocenters. The van der Waals surface area contributed by atoms with E-state index in [0.717, 1.165) is 0 Å². The zero-order valence-corrected chi connectivity index (χ0v) is 14.7. The smallest absolute Gasteiger partial charge is 0.416 e. The Kier molecular flexibility index (Phi) is 5.92. The molecule has 0 radical (unpaired) electrons. The van der Waals surface area contributed by atoms with E-state index < -0.39 is 68.6 Å². The summed E-state index contributed by atoms with van der Waals surface area (Å²) in [6.07, 6.45) is -4.21. The number of carbonyl (C=O) groups excluding carboxylic acids is 1. The second kappa shape index (κ2) is 7.70. The van der Waals surface area contributed by atoms with Gasteiger partial charge in [-0.25, -0.2) is 26.3 Å². The Bertz CT molecular complexity index is 1020. The average Bonchev–Trinajstić information content (AvgIpc) is 2.52. The number of halogens is 6. The zero-order valence-electron chi connectivity index (χ0n) is 13.9. The van der Waals surface area contributed by atoms with Crippen molar-refractivity contribution in [3.63, 3.8) is 0 Å². The molecule has 2 rings (SSSR count). The number of ether oxygens (including phenoxy) is 1. The van der Waals surface area contributed by atoms with E-state index in [4.69, 9.17) is 4.74 Å². The molecule has 0 heterocycles. The Labute approximate surface area is 155 Å². The Morgan fingerprint density at radius 3 is 2.25 bits per heavy atom. The molecule has 12 heteroatoms. The minimum absolute atomic E-state index is 0.238. The van der Waals surface area contributed by atoms with Crippen LogP contribution in [0.5, 0.6) is 5.75 Å². The number of hydrogen-bond acceptors (Lipinski definition) is 4. The molecule has 0 aliphatic carbocycles. The minimum Gasteiger partial charge on any atom is -0.489 e. The van der Waals surface area contributed by atoms with Crippen LogP contribution in [-0.4, -0.2) is 20.6 Å². The minimum atomic E-state index is -4.84. The maximum Gasteiger partial charge on any atom is 0.416 e. The second-order valence-corrected chi connectivity index (χ2v) is 7.34. The molecule has 0 spiro atoms. The van der Waals surface area contributed by atoms with Crippen LogP contribution in [0, 0.1) is 17.5 Å². The lowest BCUT2D eigenvalue weighted by Crippen LogP contribution is -2.30. The molecular weight excluding hydrogens is 416 g/mol. The second-order valence-electron chi connectivity index (χ2n) is 5.59. The first-order valence-corrected chi connectivity index (χ1v) is 9.16. The Morgan fingerprint density at radius 2 is 1.68 bits per heavy atom. The van der Waals surface area contributed by atoms with Crippen molar-refractivity contribution < 1.29 is 44.3 Å². The Balaban J connectivity index is 2.23. The predicted molar refractivity (Wildman–Crippen MR) is 84.4 cm³/mol. The molecular formula is C16H11F6NO4S. The van der Waals surface area contributed by atoms with E-state index in [1.54, 1.807) is 0 Å². The highest BCUT2D eigenvalue weighted by Crippen LogP contribution is 2.32. The summed E-state index contributed by atoms with van der Waals surface area (Å²) in [7, 11) is -4.02. The average molecular weight is 427 g/mol. The van der Waals surface area contributed by atoms with Crippen molar-refractivity contribution in [1.82, 2.24) is 4.72 Å². The summed E-state index contributed by atoms with van der Waals surface area (Å²) in [4.78, 5) is 11.6. The van der Waals surface area contributed by atoms with Gasteiger partial charge in [-0.05, 0) is 24.3 Å². The third kappa shape index (κ3) is 5.62. The summed E-state index contributed by atoms with van der Waals surface area (Å²) < 4.78 is 108. The number of sulfonamides is 1. The van der Waals surface area contributed by atoms with Crippen LogP contribution in [0.15, 0.2) is 30.3 Å². The third-order valence-electron chi connectivity index (χ3n) is 3.25. The van der Waals surface area contributed by atoms with Crippen molar-refractivity contribution in [2.75, 3.05) is 6.26 Å². The number of hydrogen-bond donors (Lipinski definition) is 1. The summed E-state index contributed by atoms with van der Waals surface area (Å²) in [6.45, 7) is -0.780. The molecule has 0 bridgehead atoms. The van der Waals surface area contributed by atoms with E-state index in [2.05, 4.69) is 0 Å². The summed E-state index contributed by atoms with van der Waals surface area (Å²) >= 11 is 0. The van der Waals surface area contributed by atoms with Crippen molar-refractivity contribution in [3.05, 3.63) is 64.5 Å². The van der Waals surface area contributed by atoms with Gasteiger partial charge in [0.1, 0.15) is 29.8 Å². The van der Waals surface area contributed by atoms with Crippen LogP contribution in [0.4, 0.5) is 26.3 Å².